The second-order valence-electron chi connectivity index (χ2n) is 5.07. The van der Waals surface area contributed by atoms with Gasteiger partial charge in [0.15, 0.2) is 0 Å². The number of hydrogen-bond acceptors (Lipinski definition) is 2. The third kappa shape index (κ3) is 1.38. The van der Waals surface area contributed by atoms with Crippen molar-refractivity contribution < 1.29 is 5.11 Å². The lowest BCUT2D eigenvalue weighted by Crippen LogP contribution is -2.53. The van der Waals surface area contributed by atoms with E-state index in [1.54, 1.807) is 0 Å². The molecule has 0 radical (unpaired) electrons. The molecule has 0 bridgehead atoms. The van der Waals surface area contributed by atoms with Crippen molar-refractivity contribution in [3.05, 3.63) is 0 Å². The summed E-state index contributed by atoms with van der Waals surface area (Å²) in [7, 11) is 2.12. The zero-order valence-corrected chi connectivity index (χ0v) is 8.08. The van der Waals surface area contributed by atoms with E-state index in [2.05, 4.69) is 18.9 Å². The van der Waals surface area contributed by atoms with Gasteiger partial charge in [0.2, 0.25) is 0 Å². The molecular weight excluding hydrogens is 150 g/mol. The highest BCUT2D eigenvalue weighted by atomic mass is 16.3. The van der Waals surface area contributed by atoms with Crippen molar-refractivity contribution in [3.63, 3.8) is 0 Å². The van der Waals surface area contributed by atoms with Crippen molar-refractivity contribution in [2.24, 2.45) is 11.3 Å². The quantitative estimate of drug-likeness (QED) is 0.587. The summed E-state index contributed by atoms with van der Waals surface area (Å²) in [6.45, 7) is 4.39. The summed E-state index contributed by atoms with van der Waals surface area (Å²) < 4.78 is 0. The number of likely N-dealkylation sites (N-methyl/N-ethyl adjacent to an activating group) is 1. The van der Waals surface area contributed by atoms with Crippen LogP contribution in [0.1, 0.15) is 26.2 Å². The van der Waals surface area contributed by atoms with E-state index in [0.29, 0.717) is 5.41 Å². The van der Waals surface area contributed by atoms with E-state index in [1.807, 2.05) is 0 Å². The molecule has 1 unspecified atom stereocenters. The molecule has 2 fully saturated rings. The van der Waals surface area contributed by atoms with Crippen molar-refractivity contribution >= 4 is 0 Å². The van der Waals surface area contributed by atoms with Crippen molar-refractivity contribution in [1.82, 2.24) is 4.90 Å². The summed E-state index contributed by atoms with van der Waals surface area (Å²) in [5, 5.41) is 9.62. The van der Waals surface area contributed by atoms with Gasteiger partial charge in [0.25, 0.3) is 0 Å². The van der Waals surface area contributed by atoms with Crippen molar-refractivity contribution in [1.29, 1.82) is 0 Å². The summed E-state index contributed by atoms with van der Waals surface area (Å²) in [4.78, 5) is 2.28. The molecule has 1 N–H and O–H groups in total. The maximum Gasteiger partial charge on any atom is 0.0672 e. The molecule has 0 aromatic carbocycles. The third-order valence-corrected chi connectivity index (χ3v) is 3.36. The molecule has 0 amide bonds. The first kappa shape index (κ1) is 8.52. The summed E-state index contributed by atoms with van der Waals surface area (Å²) in [5.74, 6) is 0.892. The van der Waals surface area contributed by atoms with Gasteiger partial charge in [-0.1, -0.05) is 6.92 Å². The van der Waals surface area contributed by atoms with Crippen molar-refractivity contribution in [2.75, 3.05) is 20.1 Å². The lowest BCUT2D eigenvalue weighted by molar-refractivity contribution is -0.0646. The Kier molecular flexibility index (Phi) is 1.92. The first-order chi connectivity index (χ1) is 5.60. The number of β-amino-alcohol motifs (C(OH)–C–C–N with tert-alkyl or cyclic N) is 1. The average molecular weight is 169 g/mol. The van der Waals surface area contributed by atoms with Gasteiger partial charge in [0, 0.05) is 13.1 Å². The van der Waals surface area contributed by atoms with Gasteiger partial charge >= 0.3 is 0 Å². The van der Waals surface area contributed by atoms with Crippen LogP contribution in [0, 0.1) is 11.3 Å². The van der Waals surface area contributed by atoms with E-state index in [1.165, 1.54) is 19.4 Å². The highest BCUT2D eigenvalue weighted by molar-refractivity contribution is 4.98. The molecule has 12 heavy (non-hydrogen) atoms. The molecule has 1 saturated carbocycles. The summed E-state index contributed by atoms with van der Waals surface area (Å²) in [6.07, 6.45) is 3.63. The second kappa shape index (κ2) is 2.71. The molecule has 2 rings (SSSR count). The number of likely N-dealkylation sites (tertiary alicyclic amines) is 1. The van der Waals surface area contributed by atoms with Gasteiger partial charge in [0.1, 0.15) is 0 Å². The number of rotatable bonds is 0. The molecule has 2 aliphatic rings. The Labute approximate surface area is 74.6 Å². The summed E-state index contributed by atoms with van der Waals surface area (Å²) in [6, 6.07) is 0. The molecule has 1 saturated heterocycles. The largest absolute Gasteiger partial charge is 0.392 e. The van der Waals surface area contributed by atoms with Crippen molar-refractivity contribution in [3.8, 4) is 0 Å². The lowest BCUT2D eigenvalue weighted by atomic mass is 9.59. The van der Waals surface area contributed by atoms with Crippen LogP contribution in [-0.4, -0.2) is 36.2 Å². The predicted molar refractivity (Wildman–Crippen MR) is 49.0 cm³/mol. The van der Waals surface area contributed by atoms with Crippen LogP contribution in [0.3, 0.4) is 0 Å². The van der Waals surface area contributed by atoms with Crippen LogP contribution in [0.25, 0.3) is 0 Å². The first-order valence-corrected chi connectivity index (χ1v) is 4.96. The van der Waals surface area contributed by atoms with Gasteiger partial charge < -0.3 is 10.0 Å². The molecule has 1 aliphatic heterocycles. The van der Waals surface area contributed by atoms with Gasteiger partial charge in [-0.15, -0.1) is 0 Å². The SMILES string of the molecule is CC1CC2(C1)CC(O)CN(C)C2. The monoisotopic (exact) mass is 169 g/mol. The number of nitrogens with zero attached hydrogens (tertiary/aromatic N) is 1. The molecule has 2 heteroatoms. The van der Waals surface area contributed by atoms with Crippen LogP contribution in [-0.2, 0) is 0 Å². The van der Waals surface area contributed by atoms with Gasteiger partial charge in [0.05, 0.1) is 6.10 Å². The van der Waals surface area contributed by atoms with Gasteiger partial charge in [-0.3, -0.25) is 0 Å². The fourth-order valence-electron chi connectivity index (χ4n) is 3.34. The predicted octanol–water partition coefficient (Wildman–Crippen LogP) is 1.10. The van der Waals surface area contributed by atoms with Crippen molar-refractivity contribution in [2.45, 2.75) is 32.3 Å². The highest BCUT2D eigenvalue weighted by Gasteiger charge is 2.46. The Bertz CT molecular complexity index is 163. The maximum atomic E-state index is 9.62. The smallest absolute Gasteiger partial charge is 0.0672 e. The number of piperidine rings is 1. The van der Waals surface area contributed by atoms with Crippen LogP contribution >= 0.6 is 0 Å². The van der Waals surface area contributed by atoms with Gasteiger partial charge in [-0.2, -0.15) is 0 Å². The Balaban J connectivity index is 1.98. The summed E-state index contributed by atoms with van der Waals surface area (Å²) in [5.41, 5.74) is 0.492. The van der Waals surface area contributed by atoms with Crippen LogP contribution in [0.2, 0.25) is 0 Å². The summed E-state index contributed by atoms with van der Waals surface area (Å²) >= 11 is 0. The van der Waals surface area contributed by atoms with Crippen LogP contribution in [0.5, 0.6) is 0 Å². The van der Waals surface area contributed by atoms with E-state index in [-0.39, 0.29) is 6.10 Å². The van der Waals surface area contributed by atoms with E-state index in [9.17, 15) is 5.11 Å². The highest BCUT2D eigenvalue weighted by Crippen LogP contribution is 2.50. The fourth-order valence-corrected chi connectivity index (χ4v) is 3.34. The minimum Gasteiger partial charge on any atom is -0.392 e. The molecule has 1 heterocycles. The second-order valence-corrected chi connectivity index (χ2v) is 5.07. The average Bonchev–Trinajstić information content (AvgIpc) is 1.80. The van der Waals surface area contributed by atoms with Gasteiger partial charge in [-0.25, -0.2) is 0 Å². The zero-order valence-electron chi connectivity index (χ0n) is 8.08. The number of aliphatic hydroxyl groups excluding tert-OH is 1. The van der Waals surface area contributed by atoms with E-state index >= 15 is 0 Å². The fraction of sp³-hybridized carbons (Fsp3) is 1.00. The Morgan fingerprint density at radius 3 is 2.50 bits per heavy atom. The number of hydrogen-bond donors (Lipinski definition) is 1. The van der Waals surface area contributed by atoms with Crippen LogP contribution < -0.4 is 0 Å². The molecular formula is C10H19NO. The Morgan fingerprint density at radius 2 is 2.00 bits per heavy atom. The molecule has 0 aromatic heterocycles. The van der Waals surface area contributed by atoms with E-state index < -0.39 is 0 Å². The zero-order chi connectivity index (χ0) is 8.77. The molecule has 0 aromatic rings. The van der Waals surface area contributed by atoms with Crippen LogP contribution in [0.15, 0.2) is 0 Å². The van der Waals surface area contributed by atoms with Crippen LogP contribution in [0.4, 0.5) is 0 Å². The molecule has 1 spiro atoms. The molecule has 70 valence electrons. The first-order valence-electron chi connectivity index (χ1n) is 4.96. The van der Waals surface area contributed by atoms with E-state index in [0.717, 1.165) is 18.9 Å². The third-order valence-electron chi connectivity index (χ3n) is 3.36. The van der Waals surface area contributed by atoms with Gasteiger partial charge in [-0.05, 0) is 37.6 Å². The molecule has 2 nitrogen and oxygen atoms in total. The number of aliphatic hydroxyl groups is 1. The Hall–Kier alpha value is -0.0800. The minimum atomic E-state index is -0.0729. The molecule has 1 aliphatic carbocycles. The van der Waals surface area contributed by atoms with E-state index in [4.69, 9.17) is 0 Å². The topological polar surface area (TPSA) is 23.5 Å². The molecule has 1 atom stereocenters. The Morgan fingerprint density at radius 1 is 1.33 bits per heavy atom. The minimum absolute atomic E-state index is 0.0729. The lowest BCUT2D eigenvalue weighted by Gasteiger charge is -2.52. The maximum absolute atomic E-state index is 9.62. The normalized spacial score (nSPS) is 49.2. The standard InChI is InChI=1S/C10H19NO/c1-8-3-10(4-8)5-9(12)6-11(2)7-10/h8-9,12H,3-7H2,1-2H3.